The molecule has 0 atom stereocenters. The first-order valence-electron chi connectivity index (χ1n) is 5.36. The highest BCUT2D eigenvalue weighted by atomic mass is 16.5. The standard InChI is InChI=1S/C10H17N3O3/c11-5-3-1-2-4-9(14)12-7-8-6-10(15)13-16-8/h6H,1-5,7,11H2,(H,12,14)(H,13,15). The summed E-state index contributed by atoms with van der Waals surface area (Å²) in [6.07, 6.45) is 3.22. The van der Waals surface area contributed by atoms with Gasteiger partial charge in [-0.05, 0) is 19.4 Å². The molecule has 90 valence electrons. The number of hydrogen-bond acceptors (Lipinski definition) is 4. The van der Waals surface area contributed by atoms with E-state index in [4.69, 9.17) is 10.3 Å². The van der Waals surface area contributed by atoms with Gasteiger partial charge in [0.25, 0.3) is 5.56 Å². The predicted molar refractivity (Wildman–Crippen MR) is 58.7 cm³/mol. The van der Waals surface area contributed by atoms with Crippen LogP contribution in [0.25, 0.3) is 0 Å². The quantitative estimate of drug-likeness (QED) is 0.575. The van der Waals surface area contributed by atoms with E-state index in [1.807, 2.05) is 0 Å². The third kappa shape index (κ3) is 4.79. The normalized spacial score (nSPS) is 10.3. The van der Waals surface area contributed by atoms with Gasteiger partial charge in [-0.1, -0.05) is 6.42 Å². The van der Waals surface area contributed by atoms with E-state index in [0.717, 1.165) is 19.3 Å². The third-order valence-electron chi connectivity index (χ3n) is 2.14. The van der Waals surface area contributed by atoms with Gasteiger partial charge in [-0.2, -0.15) is 5.16 Å². The summed E-state index contributed by atoms with van der Waals surface area (Å²) in [4.78, 5) is 22.0. The molecule has 0 fully saturated rings. The Hall–Kier alpha value is -1.56. The SMILES string of the molecule is NCCCCCC(=O)NCc1cc(=O)[nH]o1. The first-order chi connectivity index (χ1) is 7.72. The molecule has 0 saturated carbocycles. The zero-order valence-corrected chi connectivity index (χ0v) is 9.12. The van der Waals surface area contributed by atoms with Crippen LogP contribution in [0.4, 0.5) is 0 Å². The van der Waals surface area contributed by atoms with Gasteiger partial charge in [0.2, 0.25) is 5.91 Å². The molecule has 0 aliphatic carbocycles. The fourth-order valence-electron chi connectivity index (χ4n) is 1.29. The average Bonchev–Trinajstić information content (AvgIpc) is 2.68. The molecule has 0 saturated heterocycles. The molecule has 16 heavy (non-hydrogen) atoms. The summed E-state index contributed by atoms with van der Waals surface area (Å²) in [5.41, 5.74) is 5.04. The van der Waals surface area contributed by atoms with Crippen LogP contribution >= 0.6 is 0 Å². The summed E-state index contributed by atoms with van der Waals surface area (Å²) in [6, 6.07) is 1.31. The van der Waals surface area contributed by atoms with Crippen molar-refractivity contribution in [2.24, 2.45) is 5.73 Å². The average molecular weight is 227 g/mol. The number of amides is 1. The Balaban J connectivity index is 2.13. The van der Waals surface area contributed by atoms with Crippen molar-refractivity contribution in [1.29, 1.82) is 0 Å². The van der Waals surface area contributed by atoms with E-state index in [9.17, 15) is 9.59 Å². The minimum Gasteiger partial charge on any atom is -0.382 e. The molecule has 4 N–H and O–H groups in total. The summed E-state index contributed by atoms with van der Waals surface area (Å²) in [7, 11) is 0. The van der Waals surface area contributed by atoms with Gasteiger partial charge in [0.1, 0.15) is 0 Å². The van der Waals surface area contributed by atoms with Gasteiger partial charge in [-0.25, -0.2) is 0 Å². The van der Waals surface area contributed by atoms with Crippen LogP contribution in [-0.2, 0) is 11.3 Å². The zero-order chi connectivity index (χ0) is 11.8. The smallest absolute Gasteiger partial charge is 0.280 e. The molecular weight excluding hydrogens is 210 g/mol. The Labute approximate surface area is 93.2 Å². The van der Waals surface area contributed by atoms with Gasteiger partial charge in [0.05, 0.1) is 6.54 Å². The minimum absolute atomic E-state index is 0.0409. The number of rotatable bonds is 7. The van der Waals surface area contributed by atoms with E-state index < -0.39 is 0 Å². The van der Waals surface area contributed by atoms with E-state index in [1.54, 1.807) is 0 Å². The number of carbonyl (C=O) groups excluding carboxylic acids is 1. The third-order valence-corrected chi connectivity index (χ3v) is 2.14. The van der Waals surface area contributed by atoms with Crippen molar-refractivity contribution in [3.8, 4) is 0 Å². The Kier molecular flexibility index (Phi) is 5.35. The highest BCUT2D eigenvalue weighted by Gasteiger charge is 2.03. The Morgan fingerprint density at radius 2 is 2.25 bits per heavy atom. The van der Waals surface area contributed by atoms with Crippen molar-refractivity contribution in [2.45, 2.75) is 32.2 Å². The predicted octanol–water partition coefficient (Wildman–Crippen LogP) is 0.103. The largest absolute Gasteiger partial charge is 0.382 e. The molecule has 0 spiro atoms. The molecule has 0 radical (unpaired) electrons. The summed E-state index contributed by atoms with van der Waals surface area (Å²) in [5.74, 6) is 0.390. The number of nitrogens with one attached hydrogen (secondary N) is 2. The number of unbranched alkanes of at least 4 members (excludes halogenated alkanes) is 2. The maximum absolute atomic E-state index is 11.3. The fourth-order valence-corrected chi connectivity index (χ4v) is 1.29. The van der Waals surface area contributed by atoms with Crippen LogP contribution in [-0.4, -0.2) is 17.6 Å². The molecule has 0 bridgehead atoms. The van der Waals surface area contributed by atoms with Gasteiger partial charge in [-0.3, -0.25) is 9.59 Å². The van der Waals surface area contributed by atoms with E-state index in [-0.39, 0.29) is 18.0 Å². The molecule has 0 aromatic carbocycles. The van der Waals surface area contributed by atoms with E-state index in [2.05, 4.69) is 10.5 Å². The molecule has 6 heteroatoms. The van der Waals surface area contributed by atoms with Crippen LogP contribution in [0.5, 0.6) is 0 Å². The molecule has 0 aliphatic heterocycles. The monoisotopic (exact) mass is 227 g/mol. The van der Waals surface area contributed by atoms with Crippen molar-refractivity contribution in [3.05, 3.63) is 22.2 Å². The number of hydrogen-bond donors (Lipinski definition) is 3. The first-order valence-corrected chi connectivity index (χ1v) is 5.36. The lowest BCUT2D eigenvalue weighted by atomic mass is 10.2. The highest BCUT2D eigenvalue weighted by Crippen LogP contribution is 1.99. The van der Waals surface area contributed by atoms with Crippen LogP contribution in [0, 0.1) is 0 Å². The second kappa shape index (κ2) is 6.84. The molecule has 0 aliphatic rings. The molecule has 1 amide bonds. The summed E-state index contributed by atoms with van der Waals surface area (Å²) in [6.45, 7) is 0.907. The Morgan fingerprint density at radius 1 is 1.44 bits per heavy atom. The topological polar surface area (TPSA) is 101 Å². The van der Waals surface area contributed by atoms with E-state index in [1.165, 1.54) is 6.07 Å². The van der Waals surface area contributed by atoms with Crippen molar-refractivity contribution in [2.75, 3.05) is 6.54 Å². The van der Waals surface area contributed by atoms with Gasteiger partial charge < -0.3 is 15.6 Å². The molecule has 1 aromatic rings. The molecular formula is C10H17N3O3. The summed E-state index contributed by atoms with van der Waals surface area (Å²) < 4.78 is 4.79. The van der Waals surface area contributed by atoms with Gasteiger partial charge >= 0.3 is 0 Å². The van der Waals surface area contributed by atoms with Gasteiger partial charge in [0, 0.05) is 12.5 Å². The molecule has 1 heterocycles. The summed E-state index contributed by atoms with van der Waals surface area (Å²) in [5, 5.41) is 4.82. The van der Waals surface area contributed by atoms with E-state index >= 15 is 0 Å². The van der Waals surface area contributed by atoms with Crippen LogP contribution in [0.1, 0.15) is 31.4 Å². The van der Waals surface area contributed by atoms with Gasteiger partial charge in [0.15, 0.2) is 5.76 Å². The maximum atomic E-state index is 11.3. The van der Waals surface area contributed by atoms with Crippen LogP contribution in [0.2, 0.25) is 0 Å². The van der Waals surface area contributed by atoms with Crippen molar-refractivity contribution in [3.63, 3.8) is 0 Å². The number of aromatic nitrogens is 1. The second-order valence-corrected chi connectivity index (χ2v) is 3.56. The van der Waals surface area contributed by atoms with Crippen LogP contribution in [0.15, 0.2) is 15.4 Å². The number of H-pyrrole nitrogens is 1. The minimum atomic E-state index is -0.299. The second-order valence-electron chi connectivity index (χ2n) is 3.56. The lowest BCUT2D eigenvalue weighted by Gasteiger charge is -2.02. The molecule has 6 nitrogen and oxygen atoms in total. The fraction of sp³-hybridized carbons (Fsp3) is 0.600. The van der Waals surface area contributed by atoms with Gasteiger partial charge in [-0.15, -0.1) is 0 Å². The number of aromatic amines is 1. The number of carbonyl (C=O) groups is 1. The van der Waals surface area contributed by atoms with Crippen LogP contribution < -0.4 is 16.6 Å². The lowest BCUT2D eigenvalue weighted by Crippen LogP contribution is -2.22. The van der Waals surface area contributed by atoms with Crippen molar-refractivity contribution >= 4 is 5.91 Å². The van der Waals surface area contributed by atoms with Crippen molar-refractivity contribution < 1.29 is 9.32 Å². The Morgan fingerprint density at radius 3 is 2.88 bits per heavy atom. The molecule has 1 rings (SSSR count). The lowest BCUT2D eigenvalue weighted by molar-refractivity contribution is -0.121. The van der Waals surface area contributed by atoms with Crippen LogP contribution in [0.3, 0.4) is 0 Å². The van der Waals surface area contributed by atoms with E-state index in [0.29, 0.717) is 18.7 Å². The summed E-state index contributed by atoms with van der Waals surface area (Å²) >= 11 is 0. The zero-order valence-electron chi connectivity index (χ0n) is 9.12. The number of nitrogens with two attached hydrogens (primary N) is 1. The first kappa shape index (κ1) is 12.5. The van der Waals surface area contributed by atoms with Crippen molar-refractivity contribution in [1.82, 2.24) is 10.5 Å². The Bertz CT molecular complexity index is 369. The maximum Gasteiger partial charge on any atom is 0.280 e. The highest BCUT2D eigenvalue weighted by molar-refractivity contribution is 5.75. The molecule has 0 unspecified atom stereocenters. The molecule has 1 aromatic heterocycles.